The van der Waals surface area contributed by atoms with Crippen molar-refractivity contribution < 1.29 is 4.79 Å². The average molecular weight is 256 g/mol. The third kappa shape index (κ3) is 2.23. The maximum atomic E-state index is 12.2. The van der Waals surface area contributed by atoms with Gasteiger partial charge in [-0.2, -0.15) is 5.10 Å². The third-order valence-electron chi connectivity index (χ3n) is 3.55. The summed E-state index contributed by atoms with van der Waals surface area (Å²) in [6.45, 7) is 1.95. The summed E-state index contributed by atoms with van der Waals surface area (Å²) < 4.78 is 0. The number of carbonyl (C=O) groups is 1. The van der Waals surface area contributed by atoms with E-state index in [1.807, 2.05) is 19.1 Å². The van der Waals surface area contributed by atoms with Gasteiger partial charge in [0.15, 0.2) is 5.69 Å². The lowest BCUT2D eigenvalue weighted by Crippen LogP contribution is -2.27. The van der Waals surface area contributed by atoms with Crippen LogP contribution in [0.25, 0.3) is 0 Å². The molecule has 2 N–H and O–H groups in total. The fourth-order valence-electron chi connectivity index (χ4n) is 2.49. The van der Waals surface area contributed by atoms with E-state index in [9.17, 15) is 4.79 Å². The van der Waals surface area contributed by atoms with Gasteiger partial charge in [0.1, 0.15) is 0 Å². The van der Waals surface area contributed by atoms with Gasteiger partial charge >= 0.3 is 0 Å². The molecule has 0 spiro atoms. The second kappa shape index (κ2) is 4.84. The molecule has 0 saturated heterocycles. The van der Waals surface area contributed by atoms with Crippen LogP contribution in [0, 0.1) is 0 Å². The first-order chi connectivity index (χ1) is 9.25. The lowest BCUT2D eigenvalue weighted by Gasteiger charge is -2.13. The summed E-state index contributed by atoms with van der Waals surface area (Å²) in [5.41, 5.74) is 3.72. The Kier molecular flexibility index (Phi) is 3.03. The normalized spacial score (nSPS) is 15.0. The summed E-state index contributed by atoms with van der Waals surface area (Å²) >= 11 is 0. The molecule has 0 radical (unpaired) electrons. The maximum Gasteiger partial charge on any atom is 0.272 e. The molecule has 1 atom stereocenters. The van der Waals surface area contributed by atoms with Crippen molar-refractivity contribution in [3.63, 3.8) is 0 Å². The van der Waals surface area contributed by atoms with Gasteiger partial charge in [0.25, 0.3) is 5.91 Å². The van der Waals surface area contributed by atoms with Crippen LogP contribution in [-0.4, -0.2) is 21.1 Å². The number of hydrogen-bond acceptors (Lipinski definition) is 3. The quantitative estimate of drug-likeness (QED) is 0.879. The summed E-state index contributed by atoms with van der Waals surface area (Å²) in [4.78, 5) is 16.3. The molecular formula is C14H16N4O. The van der Waals surface area contributed by atoms with Crippen molar-refractivity contribution in [2.24, 2.45) is 0 Å². The molecule has 98 valence electrons. The Morgan fingerprint density at radius 2 is 2.37 bits per heavy atom. The Morgan fingerprint density at radius 1 is 1.47 bits per heavy atom. The number of rotatable bonds is 3. The Hall–Kier alpha value is -2.17. The Bertz CT molecular complexity index is 591. The van der Waals surface area contributed by atoms with Gasteiger partial charge < -0.3 is 5.32 Å². The minimum absolute atomic E-state index is 0.0741. The minimum Gasteiger partial charge on any atom is -0.344 e. The summed E-state index contributed by atoms with van der Waals surface area (Å²) in [6.07, 6.45) is 6.52. The molecule has 1 aliphatic carbocycles. The van der Waals surface area contributed by atoms with E-state index in [1.54, 1.807) is 12.4 Å². The molecule has 5 heteroatoms. The molecule has 3 rings (SSSR count). The highest BCUT2D eigenvalue weighted by molar-refractivity contribution is 5.94. The van der Waals surface area contributed by atoms with E-state index < -0.39 is 0 Å². The number of hydrogen-bond donors (Lipinski definition) is 2. The molecule has 19 heavy (non-hydrogen) atoms. The van der Waals surface area contributed by atoms with Crippen LogP contribution in [0.4, 0.5) is 0 Å². The summed E-state index contributed by atoms with van der Waals surface area (Å²) in [6, 6.07) is 3.74. The zero-order chi connectivity index (χ0) is 13.2. The molecule has 5 nitrogen and oxygen atoms in total. The van der Waals surface area contributed by atoms with Gasteiger partial charge in [0.2, 0.25) is 0 Å². The number of pyridine rings is 1. The topological polar surface area (TPSA) is 70.7 Å². The highest BCUT2D eigenvalue weighted by Gasteiger charge is 2.23. The SMILES string of the molecule is CC(NC(=O)c1n[nH]c2c1CCC2)c1cccnc1. The van der Waals surface area contributed by atoms with E-state index >= 15 is 0 Å². The van der Waals surface area contributed by atoms with Crippen molar-refractivity contribution in [3.8, 4) is 0 Å². The maximum absolute atomic E-state index is 12.2. The van der Waals surface area contributed by atoms with E-state index in [0.717, 1.165) is 36.1 Å². The van der Waals surface area contributed by atoms with Crippen molar-refractivity contribution in [2.75, 3.05) is 0 Å². The van der Waals surface area contributed by atoms with Crippen LogP contribution in [-0.2, 0) is 12.8 Å². The first-order valence-corrected chi connectivity index (χ1v) is 6.52. The van der Waals surface area contributed by atoms with Gasteiger partial charge in [-0.05, 0) is 37.8 Å². The Morgan fingerprint density at radius 3 is 3.16 bits per heavy atom. The van der Waals surface area contributed by atoms with Crippen LogP contribution < -0.4 is 5.32 Å². The predicted octanol–water partition coefficient (Wildman–Crippen LogP) is 1.78. The number of aromatic amines is 1. The van der Waals surface area contributed by atoms with Crippen LogP contribution in [0.15, 0.2) is 24.5 Å². The number of aryl methyl sites for hydroxylation is 1. The lowest BCUT2D eigenvalue weighted by atomic mass is 10.1. The van der Waals surface area contributed by atoms with Gasteiger partial charge in [0, 0.05) is 23.7 Å². The lowest BCUT2D eigenvalue weighted by molar-refractivity contribution is 0.0934. The molecule has 1 amide bonds. The summed E-state index contributed by atoms with van der Waals surface area (Å²) in [7, 11) is 0. The molecule has 2 aromatic rings. The van der Waals surface area contributed by atoms with E-state index in [0.29, 0.717) is 5.69 Å². The van der Waals surface area contributed by atoms with Crippen molar-refractivity contribution in [3.05, 3.63) is 47.0 Å². The number of fused-ring (bicyclic) bond motifs is 1. The minimum atomic E-state index is -0.115. The molecule has 1 unspecified atom stereocenters. The number of H-pyrrole nitrogens is 1. The fourth-order valence-corrected chi connectivity index (χ4v) is 2.49. The molecule has 2 aromatic heterocycles. The van der Waals surface area contributed by atoms with Crippen molar-refractivity contribution >= 4 is 5.91 Å². The van der Waals surface area contributed by atoms with E-state index in [2.05, 4.69) is 20.5 Å². The smallest absolute Gasteiger partial charge is 0.272 e. The van der Waals surface area contributed by atoms with Gasteiger partial charge in [0.05, 0.1) is 6.04 Å². The second-order valence-electron chi connectivity index (χ2n) is 4.86. The molecule has 2 heterocycles. The zero-order valence-electron chi connectivity index (χ0n) is 10.8. The van der Waals surface area contributed by atoms with E-state index in [-0.39, 0.29) is 11.9 Å². The molecule has 0 aliphatic heterocycles. The number of aromatic nitrogens is 3. The first-order valence-electron chi connectivity index (χ1n) is 6.52. The van der Waals surface area contributed by atoms with Crippen LogP contribution in [0.5, 0.6) is 0 Å². The molecular weight excluding hydrogens is 240 g/mol. The number of carbonyl (C=O) groups excluding carboxylic acids is 1. The molecule has 0 fully saturated rings. The molecule has 0 bridgehead atoms. The largest absolute Gasteiger partial charge is 0.344 e. The van der Waals surface area contributed by atoms with Gasteiger partial charge in [-0.25, -0.2) is 0 Å². The first kappa shape index (κ1) is 11.9. The Balaban J connectivity index is 1.75. The number of nitrogens with zero attached hydrogens (tertiary/aromatic N) is 2. The van der Waals surface area contributed by atoms with E-state index in [1.165, 1.54) is 0 Å². The highest BCUT2D eigenvalue weighted by atomic mass is 16.2. The van der Waals surface area contributed by atoms with Crippen LogP contribution in [0.1, 0.15) is 46.7 Å². The zero-order valence-corrected chi connectivity index (χ0v) is 10.8. The average Bonchev–Trinajstić information content (AvgIpc) is 3.01. The van der Waals surface area contributed by atoms with Crippen molar-refractivity contribution in [2.45, 2.75) is 32.2 Å². The van der Waals surface area contributed by atoms with Crippen LogP contribution in [0.2, 0.25) is 0 Å². The fraction of sp³-hybridized carbons (Fsp3) is 0.357. The Labute approximate surface area is 111 Å². The van der Waals surface area contributed by atoms with Crippen molar-refractivity contribution in [1.82, 2.24) is 20.5 Å². The second-order valence-corrected chi connectivity index (χ2v) is 4.86. The van der Waals surface area contributed by atoms with Gasteiger partial charge in [-0.3, -0.25) is 14.9 Å². The highest BCUT2D eigenvalue weighted by Crippen LogP contribution is 2.23. The summed E-state index contributed by atoms with van der Waals surface area (Å²) in [5, 5.41) is 10.1. The van der Waals surface area contributed by atoms with Crippen LogP contribution >= 0.6 is 0 Å². The van der Waals surface area contributed by atoms with Crippen molar-refractivity contribution in [1.29, 1.82) is 0 Å². The monoisotopic (exact) mass is 256 g/mol. The van der Waals surface area contributed by atoms with Gasteiger partial charge in [-0.1, -0.05) is 6.07 Å². The van der Waals surface area contributed by atoms with E-state index in [4.69, 9.17) is 0 Å². The van der Waals surface area contributed by atoms with Gasteiger partial charge in [-0.15, -0.1) is 0 Å². The molecule has 1 aliphatic rings. The molecule has 0 saturated carbocycles. The third-order valence-corrected chi connectivity index (χ3v) is 3.55. The predicted molar refractivity (Wildman–Crippen MR) is 70.7 cm³/mol. The molecule has 0 aromatic carbocycles. The number of amides is 1. The number of nitrogens with one attached hydrogen (secondary N) is 2. The summed E-state index contributed by atoms with van der Waals surface area (Å²) in [5.74, 6) is -0.115. The standard InChI is InChI=1S/C14H16N4O/c1-9(10-4-3-7-15-8-10)16-14(19)13-11-5-2-6-12(11)17-18-13/h3-4,7-9H,2,5-6H2,1H3,(H,16,19)(H,17,18). The van der Waals surface area contributed by atoms with Crippen LogP contribution in [0.3, 0.4) is 0 Å².